The Morgan fingerprint density at radius 1 is 0.288 bits per heavy atom. The average Bonchev–Trinajstić information content (AvgIpc) is 3.39. The lowest BCUT2D eigenvalue weighted by atomic mass is 10.0. The minimum atomic E-state index is -0.774. The van der Waals surface area contributed by atoms with Crippen molar-refractivity contribution < 1.29 is 28.6 Å². The molecule has 0 saturated heterocycles. The molecule has 0 heterocycles. The number of carbonyl (C=O) groups is 3. The summed E-state index contributed by atoms with van der Waals surface area (Å²) < 4.78 is 16.8. The largest absolute Gasteiger partial charge is 0.462 e. The van der Waals surface area contributed by atoms with E-state index in [0.717, 1.165) is 103 Å². The third kappa shape index (κ3) is 59.6. The summed E-state index contributed by atoms with van der Waals surface area (Å²) in [4.78, 5) is 38.0. The summed E-state index contributed by atoms with van der Waals surface area (Å²) in [6.07, 6.45) is 79.4. The van der Waals surface area contributed by atoms with Gasteiger partial charge in [-0.05, 0) is 70.6 Å². The lowest BCUT2D eigenvalue weighted by molar-refractivity contribution is -0.167. The van der Waals surface area contributed by atoms with E-state index in [1.807, 2.05) is 0 Å². The third-order valence-electron chi connectivity index (χ3n) is 13.7. The molecule has 0 aliphatic carbocycles. The van der Waals surface area contributed by atoms with Crippen LogP contribution in [0.5, 0.6) is 0 Å². The Morgan fingerprint density at radius 3 is 0.836 bits per heavy atom. The van der Waals surface area contributed by atoms with Crippen LogP contribution in [0, 0.1) is 0 Å². The molecule has 0 aromatic heterocycles. The van der Waals surface area contributed by atoms with Crippen LogP contribution in [0.15, 0.2) is 72.9 Å². The van der Waals surface area contributed by atoms with Crippen LogP contribution in [0.4, 0.5) is 0 Å². The van der Waals surface area contributed by atoms with Crippen molar-refractivity contribution in [1.29, 1.82) is 0 Å². The zero-order valence-electron chi connectivity index (χ0n) is 48.4. The molecular formula is C67H118O6. The van der Waals surface area contributed by atoms with Gasteiger partial charge < -0.3 is 14.2 Å². The summed E-state index contributed by atoms with van der Waals surface area (Å²) in [7, 11) is 0. The van der Waals surface area contributed by atoms with Crippen LogP contribution in [-0.2, 0) is 28.6 Å². The Bertz CT molecular complexity index is 1360. The van der Waals surface area contributed by atoms with E-state index in [-0.39, 0.29) is 31.1 Å². The summed E-state index contributed by atoms with van der Waals surface area (Å²) in [6, 6.07) is 0. The number of rotatable bonds is 57. The Labute approximate surface area is 453 Å². The second-order valence-electron chi connectivity index (χ2n) is 21.0. The summed E-state index contributed by atoms with van der Waals surface area (Å²) in [5.74, 6) is -0.879. The molecule has 0 spiro atoms. The molecule has 0 aromatic carbocycles. The first-order chi connectivity index (χ1) is 36.0. The summed E-state index contributed by atoms with van der Waals surface area (Å²) >= 11 is 0. The molecule has 0 aliphatic rings. The van der Waals surface area contributed by atoms with E-state index in [4.69, 9.17) is 14.2 Å². The van der Waals surface area contributed by atoms with Gasteiger partial charge in [-0.2, -0.15) is 0 Å². The molecule has 0 aliphatic heterocycles. The van der Waals surface area contributed by atoms with Crippen molar-refractivity contribution in [2.45, 2.75) is 322 Å². The predicted molar refractivity (Wildman–Crippen MR) is 316 cm³/mol. The van der Waals surface area contributed by atoms with Gasteiger partial charge in [0, 0.05) is 19.3 Å². The van der Waals surface area contributed by atoms with Crippen LogP contribution in [-0.4, -0.2) is 37.2 Å². The molecule has 1 unspecified atom stereocenters. The maximum absolute atomic E-state index is 12.8. The van der Waals surface area contributed by atoms with Gasteiger partial charge in [0.2, 0.25) is 0 Å². The molecule has 0 fully saturated rings. The van der Waals surface area contributed by atoms with Gasteiger partial charge in [0.15, 0.2) is 6.10 Å². The van der Waals surface area contributed by atoms with Crippen LogP contribution in [0.1, 0.15) is 316 Å². The maximum Gasteiger partial charge on any atom is 0.306 e. The first-order valence-electron chi connectivity index (χ1n) is 31.4. The van der Waals surface area contributed by atoms with Crippen molar-refractivity contribution in [1.82, 2.24) is 0 Å². The fourth-order valence-electron chi connectivity index (χ4n) is 9.04. The lowest BCUT2D eigenvalue weighted by Crippen LogP contribution is -2.30. The number of ether oxygens (including phenoxy) is 3. The number of esters is 3. The van der Waals surface area contributed by atoms with Gasteiger partial charge in [-0.1, -0.05) is 299 Å². The first-order valence-corrected chi connectivity index (χ1v) is 31.4. The van der Waals surface area contributed by atoms with Gasteiger partial charge >= 0.3 is 17.9 Å². The Hall–Kier alpha value is -3.15. The van der Waals surface area contributed by atoms with Crippen molar-refractivity contribution in [3.8, 4) is 0 Å². The molecule has 0 radical (unpaired) electrons. The standard InChI is InChI=1S/C67H118O6/c1-4-7-10-13-16-18-20-22-24-26-28-30-32-33-34-35-36-38-39-41-43-45-47-49-51-54-57-60-66(69)72-63-64(62-71-65(68)59-56-53-15-12-9-6-3)73-67(70)61-58-55-52-50-48-46-44-42-40-37-31-29-27-25-23-21-19-17-14-11-8-5-2/h7,10,16,18,22,24,28,30,33-34,36,38,64H,4-6,8-9,11-15,17,19-21,23,25-27,29,31-32,35,37,39-63H2,1-3H3/b10-7-,18-16-,24-22-,30-28-,34-33-,38-36-. The number of allylic oxidation sites excluding steroid dienone is 12. The molecule has 1 atom stereocenters. The predicted octanol–water partition coefficient (Wildman–Crippen LogP) is 21.3. The molecule has 6 nitrogen and oxygen atoms in total. The van der Waals surface area contributed by atoms with Crippen LogP contribution in [0.2, 0.25) is 0 Å². The van der Waals surface area contributed by atoms with Crippen molar-refractivity contribution in [3.05, 3.63) is 72.9 Å². The fraction of sp³-hybridized carbons (Fsp3) is 0.776. The van der Waals surface area contributed by atoms with E-state index in [2.05, 4.69) is 93.7 Å². The van der Waals surface area contributed by atoms with Crippen LogP contribution < -0.4 is 0 Å². The minimum absolute atomic E-state index is 0.0750. The maximum atomic E-state index is 12.8. The summed E-state index contributed by atoms with van der Waals surface area (Å²) in [5.41, 5.74) is 0. The number of hydrogen-bond acceptors (Lipinski definition) is 6. The molecule has 73 heavy (non-hydrogen) atoms. The fourth-order valence-corrected chi connectivity index (χ4v) is 9.04. The third-order valence-corrected chi connectivity index (χ3v) is 13.7. The molecule has 0 rings (SSSR count). The molecule has 422 valence electrons. The van der Waals surface area contributed by atoms with Crippen LogP contribution in [0.3, 0.4) is 0 Å². The number of hydrogen-bond donors (Lipinski definition) is 0. The van der Waals surface area contributed by atoms with Gasteiger partial charge in [0.1, 0.15) is 13.2 Å². The van der Waals surface area contributed by atoms with Crippen molar-refractivity contribution in [2.24, 2.45) is 0 Å². The summed E-state index contributed by atoms with van der Waals surface area (Å²) in [5, 5.41) is 0. The highest BCUT2D eigenvalue weighted by atomic mass is 16.6. The highest BCUT2D eigenvalue weighted by molar-refractivity contribution is 5.71. The van der Waals surface area contributed by atoms with E-state index >= 15 is 0 Å². The molecule has 0 amide bonds. The van der Waals surface area contributed by atoms with Gasteiger partial charge in [0.25, 0.3) is 0 Å². The zero-order chi connectivity index (χ0) is 52.9. The Balaban J connectivity index is 4.10. The topological polar surface area (TPSA) is 78.9 Å². The van der Waals surface area contributed by atoms with Gasteiger partial charge in [-0.25, -0.2) is 0 Å². The van der Waals surface area contributed by atoms with Gasteiger partial charge in [-0.3, -0.25) is 14.4 Å². The monoisotopic (exact) mass is 1020 g/mol. The van der Waals surface area contributed by atoms with E-state index < -0.39 is 6.10 Å². The van der Waals surface area contributed by atoms with E-state index in [9.17, 15) is 14.4 Å². The quantitative estimate of drug-likeness (QED) is 0.0261. The van der Waals surface area contributed by atoms with E-state index in [1.54, 1.807) is 0 Å². The normalized spacial score (nSPS) is 12.5. The zero-order valence-corrected chi connectivity index (χ0v) is 48.4. The van der Waals surface area contributed by atoms with Crippen LogP contribution >= 0.6 is 0 Å². The summed E-state index contributed by atoms with van der Waals surface area (Å²) in [6.45, 7) is 6.50. The molecular weight excluding hydrogens is 901 g/mol. The highest BCUT2D eigenvalue weighted by Crippen LogP contribution is 2.17. The number of unbranched alkanes of at least 4 members (excludes halogenated alkanes) is 34. The van der Waals surface area contributed by atoms with Crippen molar-refractivity contribution >= 4 is 17.9 Å². The molecule has 0 saturated carbocycles. The SMILES string of the molecule is CC/C=C\C/C=C\C/C=C\C/C=C\C/C=C\C/C=C\CCCCCCCCCCC(=O)OCC(COC(=O)CCCCCCCC)OC(=O)CCCCCCCCCCCCCCCCCCCCCCCC. The van der Waals surface area contributed by atoms with Crippen molar-refractivity contribution in [2.75, 3.05) is 13.2 Å². The van der Waals surface area contributed by atoms with E-state index in [0.29, 0.717) is 19.3 Å². The molecule has 0 aromatic rings. The van der Waals surface area contributed by atoms with E-state index in [1.165, 1.54) is 173 Å². The Kier molecular flexibility index (Phi) is 58.7. The second-order valence-corrected chi connectivity index (χ2v) is 21.0. The highest BCUT2D eigenvalue weighted by Gasteiger charge is 2.19. The molecule has 0 N–H and O–H groups in total. The average molecular weight is 1020 g/mol. The van der Waals surface area contributed by atoms with Crippen LogP contribution in [0.25, 0.3) is 0 Å². The van der Waals surface area contributed by atoms with Crippen molar-refractivity contribution in [3.63, 3.8) is 0 Å². The number of carbonyl (C=O) groups excluding carboxylic acids is 3. The van der Waals surface area contributed by atoms with Gasteiger partial charge in [0.05, 0.1) is 0 Å². The molecule has 0 bridgehead atoms. The smallest absolute Gasteiger partial charge is 0.306 e. The van der Waals surface area contributed by atoms with Gasteiger partial charge in [-0.15, -0.1) is 0 Å². The second kappa shape index (κ2) is 61.4. The lowest BCUT2D eigenvalue weighted by Gasteiger charge is -2.18. The molecule has 6 heteroatoms. The Morgan fingerprint density at radius 2 is 0.534 bits per heavy atom. The minimum Gasteiger partial charge on any atom is -0.462 e. The first kappa shape index (κ1) is 69.8.